The minimum atomic E-state index is -3.57. The highest BCUT2D eigenvalue weighted by Crippen LogP contribution is 2.22. The van der Waals surface area contributed by atoms with Crippen molar-refractivity contribution in [2.24, 2.45) is 0 Å². The fourth-order valence-electron chi connectivity index (χ4n) is 1.64. The average molecular weight is 356 g/mol. The van der Waals surface area contributed by atoms with Crippen LogP contribution in [0, 0.1) is 0 Å². The zero-order chi connectivity index (χ0) is 13.2. The molecule has 0 amide bonds. The second kappa shape index (κ2) is 5.83. The molecule has 1 atom stereocenters. The number of aromatic nitrogens is 1. The summed E-state index contributed by atoms with van der Waals surface area (Å²) in [5.74, 6) is 0. The minimum absolute atomic E-state index is 0.0384. The van der Waals surface area contributed by atoms with E-state index in [-0.39, 0.29) is 22.7 Å². The summed E-state index contributed by atoms with van der Waals surface area (Å²) in [4.78, 5) is 3.87. The van der Waals surface area contributed by atoms with Crippen LogP contribution in [0.15, 0.2) is 21.6 Å². The number of halogens is 2. The van der Waals surface area contributed by atoms with Crippen LogP contribution in [0.2, 0.25) is 5.15 Å². The van der Waals surface area contributed by atoms with E-state index in [9.17, 15) is 8.42 Å². The SMILES string of the molecule is O=S(=O)(NCC1CCCO1)c1cnc(Cl)c(Br)c1. The van der Waals surface area contributed by atoms with Crippen molar-refractivity contribution in [1.29, 1.82) is 0 Å². The summed E-state index contributed by atoms with van der Waals surface area (Å²) >= 11 is 8.86. The van der Waals surface area contributed by atoms with Crippen LogP contribution in [0.25, 0.3) is 0 Å². The van der Waals surface area contributed by atoms with E-state index in [0.29, 0.717) is 11.1 Å². The Morgan fingerprint density at radius 3 is 3.00 bits per heavy atom. The molecule has 1 aliphatic rings. The quantitative estimate of drug-likeness (QED) is 0.838. The fraction of sp³-hybridized carbons (Fsp3) is 0.500. The largest absolute Gasteiger partial charge is 0.377 e. The van der Waals surface area contributed by atoms with Crippen LogP contribution in [-0.4, -0.2) is 32.7 Å². The molecular weight excluding hydrogens is 344 g/mol. The number of nitrogens with zero attached hydrogens (tertiary/aromatic N) is 1. The Balaban J connectivity index is 2.07. The fourth-order valence-corrected chi connectivity index (χ4v) is 3.28. The van der Waals surface area contributed by atoms with Crippen molar-refractivity contribution in [3.63, 3.8) is 0 Å². The predicted molar refractivity (Wildman–Crippen MR) is 71.1 cm³/mol. The number of nitrogens with one attached hydrogen (secondary N) is 1. The summed E-state index contributed by atoms with van der Waals surface area (Å²) < 4.78 is 32.3. The summed E-state index contributed by atoms with van der Waals surface area (Å²) in [6.07, 6.45) is 3.04. The smallest absolute Gasteiger partial charge is 0.242 e. The molecule has 8 heteroatoms. The first-order chi connectivity index (χ1) is 8.49. The highest BCUT2D eigenvalue weighted by molar-refractivity contribution is 9.10. The Bertz CT molecular complexity index is 532. The summed E-state index contributed by atoms with van der Waals surface area (Å²) in [6.45, 7) is 0.975. The number of ether oxygens (including phenoxy) is 1. The molecular formula is C10H12BrClN2O3S. The zero-order valence-corrected chi connectivity index (χ0v) is 12.6. The molecule has 1 aliphatic heterocycles. The lowest BCUT2D eigenvalue weighted by atomic mass is 10.2. The zero-order valence-electron chi connectivity index (χ0n) is 9.40. The molecule has 1 N–H and O–H groups in total. The maximum atomic E-state index is 12.0. The first-order valence-electron chi connectivity index (χ1n) is 5.41. The van der Waals surface area contributed by atoms with Gasteiger partial charge in [-0.1, -0.05) is 11.6 Å². The molecule has 0 saturated carbocycles. The van der Waals surface area contributed by atoms with E-state index in [1.54, 1.807) is 0 Å². The third-order valence-electron chi connectivity index (χ3n) is 2.61. The number of hydrogen-bond acceptors (Lipinski definition) is 4. The lowest BCUT2D eigenvalue weighted by Crippen LogP contribution is -2.31. The first kappa shape index (κ1) is 14.2. The van der Waals surface area contributed by atoms with Gasteiger partial charge in [0.2, 0.25) is 10.0 Å². The molecule has 0 bridgehead atoms. The monoisotopic (exact) mass is 354 g/mol. The van der Waals surface area contributed by atoms with Crippen molar-refractivity contribution in [2.75, 3.05) is 13.2 Å². The molecule has 0 aliphatic carbocycles. The maximum Gasteiger partial charge on any atom is 0.242 e. The normalized spacial score (nSPS) is 20.2. The van der Waals surface area contributed by atoms with Gasteiger partial charge in [0.1, 0.15) is 10.0 Å². The van der Waals surface area contributed by atoms with Crippen LogP contribution in [-0.2, 0) is 14.8 Å². The van der Waals surface area contributed by atoms with Crippen LogP contribution in [0.5, 0.6) is 0 Å². The van der Waals surface area contributed by atoms with Gasteiger partial charge < -0.3 is 4.74 Å². The van der Waals surface area contributed by atoms with Crippen LogP contribution in [0.4, 0.5) is 0 Å². The van der Waals surface area contributed by atoms with E-state index in [1.165, 1.54) is 12.3 Å². The summed E-state index contributed by atoms with van der Waals surface area (Å²) in [5, 5.41) is 0.230. The predicted octanol–water partition coefficient (Wildman–Crippen LogP) is 1.95. The Labute approximate surface area is 119 Å². The Morgan fingerprint density at radius 1 is 1.61 bits per heavy atom. The van der Waals surface area contributed by atoms with Crippen molar-refractivity contribution in [1.82, 2.24) is 9.71 Å². The highest BCUT2D eigenvalue weighted by atomic mass is 79.9. The molecule has 1 unspecified atom stereocenters. The van der Waals surface area contributed by atoms with Crippen molar-refractivity contribution < 1.29 is 13.2 Å². The van der Waals surface area contributed by atoms with Gasteiger partial charge in [0.05, 0.1) is 10.6 Å². The molecule has 0 radical (unpaired) electrons. The first-order valence-corrected chi connectivity index (χ1v) is 8.07. The van der Waals surface area contributed by atoms with Gasteiger partial charge in [-0.15, -0.1) is 0 Å². The molecule has 2 rings (SSSR count). The standard InChI is InChI=1S/C10H12BrClN2O3S/c11-9-4-8(6-13-10(9)12)18(15,16)14-5-7-2-1-3-17-7/h4,6-7,14H,1-3,5H2. The third-order valence-corrected chi connectivity index (χ3v) is 5.13. The Hall–Kier alpha value is -0.210. The second-order valence-corrected chi connectivity index (χ2v) is 6.91. The molecule has 0 spiro atoms. The van der Waals surface area contributed by atoms with Gasteiger partial charge in [0.15, 0.2) is 0 Å². The van der Waals surface area contributed by atoms with E-state index in [4.69, 9.17) is 16.3 Å². The lowest BCUT2D eigenvalue weighted by Gasteiger charge is -2.11. The van der Waals surface area contributed by atoms with Crippen LogP contribution >= 0.6 is 27.5 Å². The van der Waals surface area contributed by atoms with E-state index >= 15 is 0 Å². The lowest BCUT2D eigenvalue weighted by molar-refractivity contribution is 0.114. The topological polar surface area (TPSA) is 68.3 Å². The third kappa shape index (κ3) is 3.42. The van der Waals surface area contributed by atoms with E-state index < -0.39 is 10.0 Å². The maximum absolute atomic E-state index is 12.0. The van der Waals surface area contributed by atoms with Crippen molar-refractivity contribution in [2.45, 2.75) is 23.8 Å². The van der Waals surface area contributed by atoms with Crippen molar-refractivity contribution in [3.8, 4) is 0 Å². The van der Waals surface area contributed by atoms with Gasteiger partial charge >= 0.3 is 0 Å². The molecule has 100 valence electrons. The molecule has 2 heterocycles. The average Bonchev–Trinajstić information content (AvgIpc) is 2.83. The van der Waals surface area contributed by atoms with Gasteiger partial charge in [0, 0.05) is 19.3 Å². The van der Waals surface area contributed by atoms with Crippen LogP contribution < -0.4 is 4.72 Å². The van der Waals surface area contributed by atoms with E-state index in [1.807, 2.05) is 0 Å². The molecule has 0 aromatic carbocycles. The van der Waals surface area contributed by atoms with Gasteiger partial charge in [0.25, 0.3) is 0 Å². The number of rotatable bonds is 4. The van der Waals surface area contributed by atoms with Crippen molar-refractivity contribution >= 4 is 37.6 Å². The van der Waals surface area contributed by atoms with Gasteiger partial charge in [-0.2, -0.15) is 0 Å². The highest BCUT2D eigenvalue weighted by Gasteiger charge is 2.21. The number of pyridine rings is 1. The summed E-state index contributed by atoms with van der Waals surface area (Å²) in [5.41, 5.74) is 0. The van der Waals surface area contributed by atoms with E-state index in [2.05, 4.69) is 25.6 Å². The molecule has 1 aromatic rings. The summed E-state index contributed by atoms with van der Waals surface area (Å²) in [6, 6.07) is 1.42. The minimum Gasteiger partial charge on any atom is -0.377 e. The Kier molecular flexibility index (Phi) is 4.60. The number of hydrogen-bond donors (Lipinski definition) is 1. The second-order valence-electron chi connectivity index (χ2n) is 3.93. The molecule has 1 aromatic heterocycles. The van der Waals surface area contributed by atoms with Crippen molar-refractivity contribution in [3.05, 3.63) is 21.9 Å². The van der Waals surface area contributed by atoms with Gasteiger partial charge in [-0.25, -0.2) is 18.1 Å². The molecule has 1 fully saturated rings. The molecule has 1 saturated heterocycles. The van der Waals surface area contributed by atoms with Gasteiger partial charge in [-0.3, -0.25) is 0 Å². The van der Waals surface area contributed by atoms with Crippen LogP contribution in [0.1, 0.15) is 12.8 Å². The van der Waals surface area contributed by atoms with Crippen LogP contribution in [0.3, 0.4) is 0 Å². The van der Waals surface area contributed by atoms with Gasteiger partial charge in [-0.05, 0) is 34.8 Å². The Morgan fingerprint density at radius 2 is 2.39 bits per heavy atom. The molecule has 5 nitrogen and oxygen atoms in total. The van der Waals surface area contributed by atoms with E-state index in [0.717, 1.165) is 12.8 Å². The number of sulfonamides is 1. The molecule has 18 heavy (non-hydrogen) atoms. The summed E-state index contributed by atoms with van der Waals surface area (Å²) in [7, 11) is -3.57.